The lowest BCUT2D eigenvalue weighted by Gasteiger charge is -2.26. The SMILES string of the molecule is CCc1cc(Nc2nccn3c(-c4cn[nH]c4C(F)(F)F)cnc23)ccc1C(=O)N[C@H](C)CN1CC(O)CC1C(N)=O. The molecule has 15 heteroatoms. The number of H-pyrrole nitrogens is 1. The van der Waals surface area contributed by atoms with Gasteiger partial charge in [0.25, 0.3) is 5.91 Å². The highest BCUT2D eigenvalue weighted by molar-refractivity contribution is 5.96. The third-order valence-corrected chi connectivity index (χ3v) is 7.22. The first-order valence-corrected chi connectivity index (χ1v) is 13.3. The monoisotopic (exact) mass is 585 g/mol. The maximum Gasteiger partial charge on any atom is 0.433 e. The van der Waals surface area contributed by atoms with Gasteiger partial charge in [-0.05, 0) is 43.5 Å². The minimum Gasteiger partial charge on any atom is -0.392 e. The van der Waals surface area contributed by atoms with E-state index in [4.69, 9.17) is 5.73 Å². The predicted molar refractivity (Wildman–Crippen MR) is 147 cm³/mol. The van der Waals surface area contributed by atoms with Crippen LogP contribution in [0.1, 0.15) is 41.9 Å². The van der Waals surface area contributed by atoms with E-state index in [1.165, 1.54) is 23.0 Å². The van der Waals surface area contributed by atoms with Gasteiger partial charge in [-0.15, -0.1) is 0 Å². The number of hydrogen-bond acceptors (Lipinski definition) is 8. The number of carbonyl (C=O) groups is 2. The van der Waals surface area contributed by atoms with Gasteiger partial charge in [0.2, 0.25) is 5.91 Å². The molecule has 5 rings (SSSR count). The zero-order valence-corrected chi connectivity index (χ0v) is 22.8. The number of halogens is 3. The number of anilines is 2. The summed E-state index contributed by atoms with van der Waals surface area (Å²) in [6, 6.07) is 4.27. The smallest absolute Gasteiger partial charge is 0.392 e. The van der Waals surface area contributed by atoms with E-state index in [1.54, 1.807) is 23.1 Å². The second kappa shape index (κ2) is 11.4. The van der Waals surface area contributed by atoms with Gasteiger partial charge in [0.1, 0.15) is 5.69 Å². The minimum absolute atomic E-state index is 0.143. The molecule has 6 N–H and O–H groups in total. The molecule has 1 aliphatic heterocycles. The van der Waals surface area contributed by atoms with Crippen LogP contribution < -0.4 is 16.4 Å². The first-order chi connectivity index (χ1) is 20.0. The van der Waals surface area contributed by atoms with Crippen LogP contribution in [-0.2, 0) is 17.4 Å². The summed E-state index contributed by atoms with van der Waals surface area (Å²) in [5.41, 5.74) is 6.67. The van der Waals surface area contributed by atoms with E-state index in [0.717, 1.165) is 11.8 Å². The number of imidazole rings is 1. The number of alkyl halides is 3. The number of benzene rings is 1. The Morgan fingerprint density at radius 3 is 2.76 bits per heavy atom. The highest BCUT2D eigenvalue weighted by Gasteiger charge is 2.37. The third-order valence-electron chi connectivity index (χ3n) is 7.22. The first-order valence-electron chi connectivity index (χ1n) is 13.3. The fourth-order valence-electron chi connectivity index (χ4n) is 5.30. The number of primary amides is 1. The molecular formula is C27H30F3N9O3. The number of likely N-dealkylation sites (tertiary alicyclic amines) is 1. The number of aromatic nitrogens is 5. The van der Waals surface area contributed by atoms with Crippen LogP contribution in [0.25, 0.3) is 16.9 Å². The Labute approximate surface area is 238 Å². The molecule has 3 aromatic heterocycles. The van der Waals surface area contributed by atoms with Crippen molar-refractivity contribution in [1.29, 1.82) is 0 Å². The number of nitrogens with two attached hydrogens (primary N) is 1. The maximum absolute atomic E-state index is 13.4. The van der Waals surface area contributed by atoms with Crippen LogP contribution in [0.15, 0.2) is 43.0 Å². The molecule has 1 aromatic carbocycles. The average molecular weight is 586 g/mol. The molecule has 0 aliphatic carbocycles. The molecule has 12 nitrogen and oxygen atoms in total. The van der Waals surface area contributed by atoms with Crippen molar-refractivity contribution in [2.45, 2.75) is 51.1 Å². The number of amides is 2. The zero-order valence-electron chi connectivity index (χ0n) is 22.8. The van der Waals surface area contributed by atoms with E-state index in [-0.39, 0.29) is 29.6 Å². The summed E-state index contributed by atoms with van der Waals surface area (Å²) >= 11 is 0. The quantitative estimate of drug-likeness (QED) is 0.200. The highest BCUT2D eigenvalue weighted by atomic mass is 19.4. The van der Waals surface area contributed by atoms with Gasteiger partial charge < -0.3 is 21.5 Å². The lowest BCUT2D eigenvalue weighted by atomic mass is 10.0. The van der Waals surface area contributed by atoms with E-state index in [1.807, 2.05) is 18.9 Å². The van der Waals surface area contributed by atoms with E-state index in [2.05, 4.69) is 25.7 Å². The number of aryl methyl sites for hydroxylation is 1. The number of nitrogens with zero attached hydrogens (tertiary/aromatic N) is 5. The van der Waals surface area contributed by atoms with Gasteiger partial charge in [-0.3, -0.25) is 24.0 Å². The summed E-state index contributed by atoms with van der Waals surface area (Å²) in [5, 5.41) is 21.6. The Morgan fingerprint density at radius 1 is 1.26 bits per heavy atom. The molecule has 4 heterocycles. The van der Waals surface area contributed by atoms with Gasteiger partial charge in [0, 0.05) is 42.8 Å². The van der Waals surface area contributed by atoms with E-state index in [0.29, 0.717) is 42.2 Å². The molecule has 2 amide bonds. The lowest BCUT2D eigenvalue weighted by Crippen LogP contribution is -2.47. The van der Waals surface area contributed by atoms with Crippen LogP contribution in [0.2, 0.25) is 0 Å². The second-order valence-electron chi connectivity index (χ2n) is 10.3. The summed E-state index contributed by atoms with van der Waals surface area (Å²) in [5.74, 6) is -0.490. The normalized spacial score (nSPS) is 18.3. The van der Waals surface area contributed by atoms with Crippen molar-refractivity contribution in [2.24, 2.45) is 5.73 Å². The summed E-state index contributed by atoms with van der Waals surface area (Å²) in [6.45, 7) is 4.38. The van der Waals surface area contributed by atoms with Crippen LogP contribution >= 0.6 is 0 Å². The molecule has 0 spiro atoms. The van der Waals surface area contributed by atoms with Gasteiger partial charge in [-0.2, -0.15) is 18.3 Å². The molecule has 0 radical (unpaired) electrons. The van der Waals surface area contributed by atoms with Crippen molar-refractivity contribution < 1.29 is 27.9 Å². The van der Waals surface area contributed by atoms with E-state index < -0.39 is 29.9 Å². The number of fused-ring (bicyclic) bond motifs is 1. The average Bonchev–Trinajstić information content (AvgIpc) is 3.66. The van der Waals surface area contributed by atoms with Crippen molar-refractivity contribution in [3.05, 3.63) is 59.8 Å². The predicted octanol–water partition coefficient (Wildman–Crippen LogP) is 2.48. The molecule has 222 valence electrons. The molecule has 2 unspecified atom stereocenters. The van der Waals surface area contributed by atoms with Crippen molar-refractivity contribution in [3.8, 4) is 11.3 Å². The van der Waals surface area contributed by atoms with E-state index in [9.17, 15) is 27.9 Å². The second-order valence-corrected chi connectivity index (χ2v) is 10.3. The Hall–Kier alpha value is -4.50. The summed E-state index contributed by atoms with van der Waals surface area (Å²) in [7, 11) is 0. The molecule has 4 aromatic rings. The van der Waals surface area contributed by atoms with Crippen molar-refractivity contribution in [1.82, 2.24) is 34.8 Å². The fraction of sp³-hybridized carbons (Fsp3) is 0.370. The Balaban J connectivity index is 1.33. The standard InChI is InChI=1S/C27H30F3N9O3/c1-3-15-8-16(4-5-18(15)26(42)35-14(2)12-38-13-17(40)9-20(38)23(31)41)36-24-25-33-11-21(39(25)7-6-32-24)19-10-34-37-22(19)27(28,29)30/h4-8,10-11,14,17,20,40H,3,9,12-13H2,1-2H3,(H2,31,41)(H,32,36)(H,34,37)(H,35,42)/t14-,17?,20?/m1/s1. The van der Waals surface area contributed by atoms with Crippen molar-refractivity contribution in [3.63, 3.8) is 0 Å². The highest BCUT2D eigenvalue weighted by Crippen LogP contribution is 2.36. The van der Waals surface area contributed by atoms with Gasteiger partial charge in [0.15, 0.2) is 11.5 Å². The number of nitrogens with one attached hydrogen (secondary N) is 3. The molecule has 3 atom stereocenters. The number of aromatic amines is 1. The van der Waals surface area contributed by atoms with Crippen LogP contribution in [0, 0.1) is 0 Å². The van der Waals surface area contributed by atoms with Gasteiger partial charge in [0.05, 0.1) is 35.8 Å². The number of aliphatic hydroxyl groups excluding tert-OH is 1. The third kappa shape index (κ3) is 5.78. The van der Waals surface area contributed by atoms with Gasteiger partial charge >= 0.3 is 6.18 Å². The molecule has 1 fully saturated rings. The minimum atomic E-state index is -4.62. The number of aliphatic hydroxyl groups is 1. The molecular weight excluding hydrogens is 555 g/mol. The molecule has 1 saturated heterocycles. The maximum atomic E-state index is 13.4. The number of carbonyl (C=O) groups excluding carboxylic acids is 2. The van der Waals surface area contributed by atoms with Crippen molar-refractivity contribution >= 4 is 29.0 Å². The molecule has 0 bridgehead atoms. The van der Waals surface area contributed by atoms with Crippen LogP contribution in [0.4, 0.5) is 24.7 Å². The summed E-state index contributed by atoms with van der Waals surface area (Å²) < 4.78 is 41.8. The largest absolute Gasteiger partial charge is 0.433 e. The topological polar surface area (TPSA) is 167 Å². The first kappa shape index (κ1) is 29.0. The Kier molecular flexibility index (Phi) is 7.88. The molecule has 42 heavy (non-hydrogen) atoms. The molecule has 1 aliphatic rings. The number of rotatable bonds is 9. The van der Waals surface area contributed by atoms with Crippen LogP contribution in [-0.4, -0.2) is 77.7 Å². The van der Waals surface area contributed by atoms with Crippen LogP contribution in [0.5, 0.6) is 0 Å². The van der Waals surface area contributed by atoms with Gasteiger partial charge in [-0.25, -0.2) is 9.97 Å². The number of hydrogen-bond donors (Lipinski definition) is 5. The van der Waals surface area contributed by atoms with E-state index >= 15 is 0 Å². The molecule has 0 saturated carbocycles. The zero-order chi connectivity index (χ0) is 30.2. The summed E-state index contributed by atoms with van der Waals surface area (Å²) in [4.78, 5) is 35.3. The van der Waals surface area contributed by atoms with Crippen molar-refractivity contribution in [2.75, 3.05) is 18.4 Å². The lowest BCUT2D eigenvalue weighted by molar-refractivity contribution is -0.140. The number of β-amino-alcohol motifs (C(OH)–C–C–N with tert-alkyl or cyclic N) is 1. The van der Waals surface area contributed by atoms with Crippen LogP contribution in [0.3, 0.4) is 0 Å². The fourth-order valence-corrected chi connectivity index (χ4v) is 5.30. The van der Waals surface area contributed by atoms with Gasteiger partial charge in [-0.1, -0.05) is 6.92 Å². The Bertz CT molecular complexity index is 1620. The summed E-state index contributed by atoms with van der Waals surface area (Å²) in [6.07, 6.45) is 0.928. The Morgan fingerprint density at radius 2 is 2.05 bits per heavy atom.